The number of hydrogen-bond acceptors (Lipinski definition) is 5. The Kier molecular flexibility index (Phi) is 3.61. The van der Waals surface area contributed by atoms with Crippen LogP contribution in [0.5, 0.6) is 0 Å². The van der Waals surface area contributed by atoms with Crippen molar-refractivity contribution in [2.75, 3.05) is 6.54 Å². The van der Waals surface area contributed by atoms with Crippen LogP contribution in [0.25, 0.3) is 11.5 Å². The zero-order valence-electron chi connectivity index (χ0n) is 12.3. The topological polar surface area (TPSA) is 64.1 Å². The van der Waals surface area contributed by atoms with Crippen molar-refractivity contribution in [3.63, 3.8) is 0 Å². The van der Waals surface area contributed by atoms with Crippen molar-refractivity contribution in [3.8, 4) is 11.5 Å². The zero-order chi connectivity index (χ0) is 14.1. The predicted molar refractivity (Wildman–Crippen MR) is 75.4 cm³/mol. The van der Waals surface area contributed by atoms with Gasteiger partial charge in [-0.15, -0.1) is 0 Å². The molecule has 5 heteroatoms. The van der Waals surface area contributed by atoms with Crippen LogP contribution in [0.3, 0.4) is 0 Å². The minimum atomic E-state index is 0.212. The van der Waals surface area contributed by atoms with Gasteiger partial charge < -0.3 is 14.3 Å². The Balaban J connectivity index is 1.89. The predicted octanol–water partition coefficient (Wildman–Crippen LogP) is 3.46. The molecule has 1 aliphatic heterocycles. The lowest BCUT2D eigenvalue weighted by atomic mass is 10.1. The van der Waals surface area contributed by atoms with Crippen LogP contribution < -0.4 is 5.32 Å². The first-order valence-electron chi connectivity index (χ1n) is 7.30. The van der Waals surface area contributed by atoms with Crippen molar-refractivity contribution >= 4 is 0 Å². The molecule has 3 heterocycles. The number of aryl methyl sites for hydroxylation is 2. The molecule has 1 atom stereocenters. The molecule has 3 rings (SSSR count). The molecule has 1 N–H and O–H groups in total. The Morgan fingerprint density at radius 2 is 1.95 bits per heavy atom. The van der Waals surface area contributed by atoms with E-state index < -0.39 is 0 Å². The van der Waals surface area contributed by atoms with Gasteiger partial charge in [0.1, 0.15) is 11.5 Å². The van der Waals surface area contributed by atoms with Gasteiger partial charge in [0.2, 0.25) is 0 Å². The first-order chi connectivity index (χ1) is 9.66. The molecule has 108 valence electrons. The Hall–Kier alpha value is -1.62. The van der Waals surface area contributed by atoms with Gasteiger partial charge in [0.15, 0.2) is 5.82 Å². The highest BCUT2D eigenvalue weighted by molar-refractivity contribution is 5.61. The molecule has 1 fully saturated rings. The number of nitrogens with zero attached hydrogens (tertiary/aromatic N) is 2. The molecule has 0 saturated carbocycles. The smallest absolute Gasteiger partial charge is 0.261 e. The monoisotopic (exact) mass is 275 g/mol. The van der Waals surface area contributed by atoms with Gasteiger partial charge in [0.25, 0.3) is 5.89 Å². The Labute approximate surface area is 118 Å². The fourth-order valence-electron chi connectivity index (χ4n) is 2.84. The summed E-state index contributed by atoms with van der Waals surface area (Å²) >= 11 is 0. The zero-order valence-corrected chi connectivity index (χ0v) is 12.3. The number of rotatable bonds is 2. The van der Waals surface area contributed by atoms with Gasteiger partial charge in [-0.1, -0.05) is 18.0 Å². The van der Waals surface area contributed by atoms with Crippen LogP contribution in [0.15, 0.2) is 8.94 Å². The van der Waals surface area contributed by atoms with Crippen molar-refractivity contribution in [2.24, 2.45) is 0 Å². The van der Waals surface area contributed by atoms with E-state index in [9.17, 15) is 0 Å². The van der Waals surface area contributed by atoms with E-state index in [1.807, 2.05) is 20.8 Å². The third-order valence-electron chi connectivity index (χ3n) is 4.09. The minimum absolute atomic E-state index is 0.212. The van der Waals surface area contributed by atoms with E-state index in [1.165, 1.54) is 19.3 Å². The van der Waals surface area contributed by atoms with Crippen molar-refractivity contribution < 1.29 is 8.94 Å². The molecule has 20 heavy (non-hydrogen) atoms. The Morgan fingerprint density at radius 3 is 2.70 bits per heavy atom. The van der Waals surface area contributed by atoms with Crippen molar-refractivity contribution in [1.29, 1.82) is 0 Å². The lowest BCUT2D eigenvalue weighted by Crippen LogP contribution is -2.21. The molecule has 0 bridgehead atoms. The van der Waals surface area contributed by atoms with E-state index in [4.69, 9.17) is 8.94 Å². The van der Waals surface area contributed by atoms with Gasteiger partial charge in [0, 0.05) is 5.56 Å². The lowest BCUT2D eigenvalue weighted by molar-refractivity contribution is 0.401. The normalized spacial score (nSPS) is 20.1. The van der Waals surface area contributed by atoms with Gasteiger partial charge in [-0.2, -0.15) is 4.98 Å². The van der Waals surface area contributed by atoms with Gasteiger partial charge >= 0.3 is 0 Å². The molecule has 1 saturated heterocycles. The molecular formula is C15H21N3O2. The first-order valence-corrected chi connectivity index (χ1v) is 7.30. The van der Waals surface area contributed by atoms with E-state index in [0.717, 1.165) is 41.4 Å². The van der Waals surface area contributed by atoms with Crippen molar-refractivity contribution in [3.05, 3.63) is 22.9 Å². The summed E-state index contributed by atoms with van der Waals surface area (Å²) in [5, 5.41) is 7.65. The van der Waals surface area contributed by atoms with Crippen LogP contribution in [0, 0.1) is 20.8 Å². The maximum Gasteiger partial charge on any atom is 0.261 e. The van der Waals surface area contributed by atoms with Crippen LogP contribution in [0.4, 0.5) is 0 Å². The average Bonchev–Trinajstić information content (AvgIpc) is 2.85. The summed E-state index contributed by atoms with van der Waals surface area (Å²) in [6.07, 6.45) is 4.78. The maximum absolute atomic E-state index is 5.63. The second-order valence-electron chi connectivity index (χ2n) is 5.53. The Bertz CT molecular complexity index is 592. The number of hydrogen-bond donors (Lipinski definition) is 1. The summed E-state index contributed by atoms with van der Waals surface area (Å²) in [4.78, 5) is 4.58. The summed E-state index contributed by atoms with van der Waals surface area (Å²) in [6.45, 7) is 6.94. The van der Waals surface area contributed by atoms with Crippen LogP contribution in [-0.4, -0.2) is 16.7 Å². The van der Waals surface area contributed by atoms with Crippen LogP contribution >= 0.6 is 0 Å². The molecule has 0 amide bonds. The number of furan rings is 1. The minimum Gasteiger partial charge on any atom is -0.466 e. The van der Waals surface area contributed by atoms with Gasteiger partial charge in [-0.05, 0) is 40.2 Å². The molecule has 1 aliphatic rings. The van der Waals surface area contributed by atoms with E-state index in [-0.39, 0.29) is 6.04 Å². The highest BCUT2D eigenvalue weighted by Gasteiger charge is 2.23. The fourth-order valence-corrected chi connectivity index (χ4v) is 2.84. The highest BCUT2D eigenvalue weighted by Crippen LogP contribution is 2.31. The molecule has 2 aromatic heterocycles. The second kappa shape index (κ2) is 5.40. The van der Waals surface area contributed by atoms with Crippen LogP contribution in [-0.2, 0) is 0 Å². The van der Waals surface area contributed by atoms with E-state index in [0.29, 0.717) is 5.89 Å². The summed E-state index contributed by atoms with van der Waals surface area (Å²) < 4.78 is 11.1. The molecular weight excluding hydrogens is 254 g/mol. The SMILES string of the molecule is Cc1oc(C)c(-c2nc(C3CCCCCN3)no2)c1C. The van der Waals surface area contributed by atoms with Gasteiger partial charge in [-0.25, -0.2) is 0 Å². The number of aromatic nitrogens is 2. The molecule has 0 radical (unpaired) electrons. The van der Waals surface area contributed by atoms with Gasteiger partial charge in [-0.3, -0.25) is 0 Å². The van der Waals surface area contributed by atoms with Crippen molar-refractivity contribution in [2.45, 2.75) is 52.5 Å². The molecule has 5 nitrogen and oxygen atoms in total. The summed E-state index contributed by atoms with van der Waals surface area (Å²) in [5.74, 6) is 3.08. The Morgan fingerprint density at radius 1 is 1.10 bits per heavy atom. The standard InChI is InChI=1S/C15H21N3O2/c1-9-10(2)19-11(3)13(9)15-17-14(18-20-15)12-7-5-4-6-8-16-12/h12,16H,4-8H2,1-3H3. The largest absolute Gasteiger partial charge is 0.466 e. The second-order valence-corrected chi connectivity index (χ2v) is 5.53. The molecule has 2 aromatic rings. The van der Waals surface area contributed by atoms with Crippen LogP contribution in [0.1, 0.15) is 54.6 Å². The summed E-state index contributed by atoms with van der Waals surface area (Å²) in [7, 11) is 0. The van der Waals surface area contributed by atoms with Crippen LogP contribution in [0.2, 0.25) is 0 Å². The average molecular weight is 275 g/mol. The highest BCUT2D eigenvalue weighted by atomic mass is 16.5. The molecule has 0 aliphatic carbocycles. The number of nitrogens with one attached hydrogen (secondary N) is 1. The molecule has 0 aromatic carbocycles. The first kappa shape index (κ1) is 13.4. The fraction of sp³-hybridized carbons (Fsp3) is 0.600. The van der Waals surface area contributed by atoms with Gasteiger partial charge in [0.05, 0.1) is 11.6 Å². The van der Waals surface area contributed by atoms with E-state index in [2.05, 4.69) is 15.5 Å². The molecule has 0 spiro atoms. The van der Waals surface area contributed by atoms with E-state index >= 15 is 0 Å². The third-order valence-corrected chi connectivity index (χ3v) is 4.09. The van der Waals surface area contributed by atoms with Crippen molar-refractivity contribution in [1.82, 2.24) is 15.5 Å². The summed E-state index contributed by atoms with van der Waals surface area (Å²) in [6, 6.07) is 0.212. The van der Waals surface area contributed by atoms with E-state index in [1.54, 1.807) is 0 Å². The third kappa shape index (κ3) is 2.38. The lowest BCUT2D eigenvalue weighted by Gasteiger charge is -2.09. The quantitative estimate of drug-likeness (QED) is 0.909. The maximum atomic E-state index is 5.63. The molecule has 1 unspecified atom stereocenters. The summed E-state index contributed by atoms with van der Waals surface area (Å²) in [5.41, 5.74) is 2.02.